The molecule has 118 valence electrons. The Kier molecular flexibility index (Phi) is 4.81. The van der Waals surface area contributed by atoms with E-state index in [2.05, 4.69) is 16.4 Å². The van der Waals surface area contributed by atoms with Crippen LogP contribution in [-0.2, 0) is 0 Å². The first-order valence-electron chi connectivity index (χ1n) is 6.79. The highest BCUT2D eigenvalue weighted by molar-refractivity contribution is 7.14. The van der Waals surface area contributed by atoms with Gasteiger partial charge >= 0.3 is 0 Å². The molecule has 0 aliphatic heterocycles. The van der Waals surface area contributed by atoms with Crippen LogP contribution in [0.4, 0.5) is 5.13 Å². The van der Waals surface area contributed by atoms with Crippen LogP contribution >= 0.6 is 34.5 Å². The Hall–Kier alpha value is -2.39. The van der Waals surface area contributed by atoms with Crippen LogP contribution in [0.5, 0.6) is 0 Å². The Balaban J connectivity index is 1.76. The van der Waals surface area contributed by atoms with E-state index in [0.29, 0.717) is 26.3 Å². The average Bonchev–Trinajstić information content (AvgIpc) is 3.06. The first kappa shape index (κ1) is 16.5. The molecule has 0 saturated heterocycles. The summed E-state index contributed by atoms with van der Waals surface area (Å²) in [6.07, 6.45) is 0. The molecular formula is C17H9Cl2N3OS. The van der Waals surface area contributed by atoms with Crippen molar-refractivity contribution in [2.45, 2.75) is 0 Å². The summed E-state index contributed by atoms with van der Waals surface area (Å²) in [5.74, 6) is -0.311. The number of anilines is 1. The molecule has 0 unspecified atom stereocenters. The highest BCUT2D eigenvalue weighted by Crippen LogP contribution is 2.26. The van der Waals surface area contributed by atoms with Gasteiger partial charge in [0.05, 0.1) is 27.4 Å². The zero-order valence-electron chi connectivity index (χ0n) is 12.1. The predicted octanol–water partition coefficient (Wildman–Crippen LogP) is 5.24. The molecule has 1 aromatic heterocycles. The van der Waals surface area contributed by atoms with Gasteiger partial charge in [-0.15, -0.1) is 11.3 Å². The number of thiazole rings is 1. The summed E-state index contributed by atoms with van der Waals surface area (Å²) in [5, 5.41) is 14.6. The zero-order valence-corrected chi connectivity index (χ0v) is 14.4. The van der Waals surface area contributed by atoms with Crippen LogP contribution < -0.4 is 5.32 Å². The number of nitrogens with one attached hydrogen (secondary N) is 1. The first-order chi connectivity index (χ1) is 11.6. The van der Waals surface area contributed by atoms with Gasteiger partial charge in [0, 0.05) is 16.5 Å². The van der Waals surface area contributed by atoms with Crippen molar-refractivity contribution in [3.63, 3.8) is 0 Å². The van der Waals surface area contributed by atoms with Crippen molar-refractivity contribution in [2.75, 3.05) is 5.32 Å². The van der Waals surface area contributed by atoms with Crippen LogP contribution in [-0.4, -0.2) is 10.9 Å². The summed E-state index contributed by atoms with van der Waals surface area (Å²) in [6.45, 7) is 0. The van der Waals surface area contributed by atoms with Gasteiger partial charge in [0.1, 0.15) is 0 Å². The molecule has 24 heavy (non-hydrogen) atoms. The number of nitriles is 1. The standard InChI is InChI=1S/C17H9Cl2N3OS/c18-13-6-5-12(7-14(13)19)16(23)22-17-21-15(9-24-17)11-3-1-10(8-20)2-4-11/h1-7,9H,(H,21,22,23). The minimum atomic E-state index is -0.311. The maximum atomic E-state index is 12.2. The van der Waals surface area contributed by atoms with E-state index in [9.17, 15) is 4.79 Å². The monoisotopic (exact) mass is 373 g/mol. The van der Waals surface area contributed by atoms with E-state index in [4.69, 9.17) is 28.5 Å². The average molecular weight is 374 g/mol. The normalized spacial score (nSPS) is 10.2. The van der Waals surface area contributed by atoms with E-state index in [-0.39, 0.29) is 5.91 Å². The van der Waals surface area contributed by atoms with Gasteiger partial charge in [-0.3, -0.25) is 10.1 Å². The van der Waals surface area contributed by atoms with Crippen LogP contribution in [0.3, 0.4) is 0 Å². The number of hydrogen-bond donors (Lipinski definition) is 1. The maximum absolute atomic E-state index is 12.2. The summed E-state index contributed by atoms with van der Waals surface area (Å²) in [7, 11) is 0. The molecule has 3 aromatic rings. The Morgan fingerprint density at radius 2 is 1.88 bits per heavy atom. The number of carbonyl (C=O) groups excluding carboxylic acids is 1. The third-order valence-corrected chi connectivity index (χ3v) is 4.71. The SMILES string of the molecule is N#Cc1ccc(-c2csc(NC(=O)c3ccc(Cl)c(Cl)c3)n2)cc1. The van der Waals surface area contributed by atoms with Crippen LogP contribution in [0.25, 0.3) is 11.3 Å². The van der Waals surface area contributed by atoms with Crippen molar-refractivity contribution in [1.82, 2.24) is 4.98 Å². The second-order valence-corrected chi connectivity index (χ2v) is 6.48. The second-order valence-electron chi connectivity index (χ2n) is 4.81. The molecule has 0 aliphatic rings. The van der Waals surface area contributed by atoms with Crippen molar-refractivity contribution in [1.29, 1.82) is 5.26 Å². The summed E-state index contributed by atoms with van der Waals surface area (Å²) in [4.78, 5) is 16.6. The van der Waals surface area contributed by atoms with Crippen LogP contribution in [0, 0.1) is 11.3 Å². The molecule has 2 aromatic carbocycles. The maximum Gasteiger partial charge on any atom is 0.257 e. The molecule has 1 heterocycles. The number of halogens is 2. The molecule has 4 nitrogen and oxygen atoms in total. The van der Waals surface area contributed by atoms with E-state index in [0.717, 1.165) is 11.3 Å². The zero-order chi connectivity index (χ0) is 17.1. The summed E-state index contributed by atoms with van der Waals surface area (Å²) < 4.78 is 0. The predicted molar refractivity (Wildman–Crippen MR) is 96.7 cm³/mol. The molecule has 0 fully saturated rings. The topological polar surface area (TPSA) is 65.8 Å². The van der Waals surface area contributed by atoms with Gasteiger partial charge in [0.15, 0.2) is 5.13 Å². The molecule has 0 aliphatic carbocycles. The molecule has 3 rings (SSSR count). The summed E-state index contributed by atoms with van der Waals surface area (Å²) in [6, 6.07) is 13.8. The Labute approximate surface area is 152 Å². The Morgan fingerprint density at radius 3 is 2.54 bits per heavy atom. The quantitative estimate of drug-likeness (QED) is 0.682. The molecular weight excluding hydrogens is 365 g/mol. The third kappa shape index (κ3) is 3.57. The molecule has 1 amide bonds. The molecule has 0 spiro atoms. The van der Waals surface area contributed by atoms with Crippen LogP contribution in [0.2, 0.25) is 10.0 Å². The van der Waals surface area contributed by atoms with Crippen molar-refractivity contribution in [3.05, 3.63) is 69.0 Å². The van der Waals surface area contributed by atoms with E-state index in [1.807, 2.05) is 17.5 Å². The second kappa shape index (κ2) is 7.02. The van der Waals surface area contributed by atoms with E-state index >= 15 is 0 Å². The molecule has 0 radical (unpaired) electrons. The third-order valence-electron chi connectivity index (χ3n) is 3.22. The fraction of sp³-hybridized carbons (Fsp3) is 0. The lowest BCUT2D eigenvalue weighted by Crippen LogP contribution is -2.11. The van der Waals surface area contributed by atoms with Crippen LogP contribution in [0.15, 0.2) is 47.8 Å². The largest absolute Gasteiger partial charge is 0.298 e. The van der Waals surface area contributed by atoms with Gasteiger partial charge in [0.2, 0.25) is 0 Å². The molecule has 1 N–H and O–H groups in total. The molecule has 7 heteroatoms. The number of nitrogens with zero attached hydrogens (tertiary/aromatic N) is 2. The Bertz CT molecular complexity index is 945. The fourth-order valence-electron chi connectivity index (χ4n) is 1.99. The lowest BCUT2D eigenvalue weighted by atomic mass is 10.1. The number of carbonyl (C=O) groups is 1. The van der Waals surface area contributed by atoms with E-state index < -0.39 is 0 Å². The fourth-order valence-corrected chi connectivity index (χ4v) is 3.00. The summed E-state index contributed by atoms with van der Waals surface area (Å²) in [5.41, 5.74) is 2.59. The van der Waals surface area contributed by atoms with E-state index in [1.54, 1.807) is 24.3 Å². The van der Waals surface area contributed by atoms with Crippen molar-refractivity contribution in [3.8, 4) is 17.3 Å². The highest BCUT2D eigenvalue weighted by atomic mass is 35.5. The minimum Gasteiger partial charge on any atom is -0.298 e. The minimum absolute atomic E-state index is 0.311. The van der Waals surface area contributed by atoms with Crippen molar-refractivity contribution in [2.24, 2.45) is 0 Å². The number of benzene rings is 2. The van der Waals surface area contributed by atoms with Crippen molar-refractivity contribution < 1.29 is 4.79 Å². The van der Waals surface area contributed by atoms with Gasteiger partial charge in [0.25, 0.3) is 5.91 Å². The van der Waals surface area contributed by atoms with Crippen LogP contribution in [0.1, 0.15) is 15.9 Å². The first-order valence-corrected chi connectivity index (χ1v) is 8.43. The number of hydrogen-bond acceptors (Lipinski definition) is 4. The lowest BCUT2D eigenvalue weighted by molar-refractivity contribution is 0.102. The van der Waals surface area contributed by atoms with Gasteiger partial charge in [-0.2, -0.15) is 5.26 Å². The molecule has 0 atom stereocenters. The highest BCUT2D eigenvalue weighted by Gasteiger charge is 2.11. The van der Waals surface area contributed by atoms with E-state index in [1.165, 1.54) is 17.4 Å². The smallest absolute Gasteiger partial charge is 0.257 e. The Morgan fingerprint density at radius 1 is 1.12 bits per heavy atom. The molecule has 0 saturated carbocycles. The summed E-state index contributed by atoms with van der Waals surface area (Å²) >= 11 is 13.1. The van der Waals surface area contributed by atoms with Gasteiger partial charge < -0.3 is 0 Å². The number of amides is 1. The van der Waals surface area contributed by atoms with Crippen molar-refractivity contribution >= 4 is 45.6 Å². The van der Waals surface area contributed by atoms with Gasteiger partial charge in [-0.1, -0.05) is 35.3 Å². The number of aromatic nitrogens is 1. The lowest BCUT2D eigenvalue weighted by Gasteiger charge is -2.03. The molecule has 0 bridgehead atoms. The number of rotatable bonds is 3. The van der Waals surface area contributed by atoms with Gasteiger partial charge in [-0.25, -0.2) is 4.98 Å². The van der Waals surface area contributed by atoms with Gasteiger partial charge in [-0.05, 0) is 30.3 Å².